The van der Waals surface area contributed by atoms with Gasteiger partial charge in [-0.2, -0.15) is 5.10 Å². The minimum Gasteiger partial charge on any atom is -0.389 e. The fraction of sp³-hybridized carbons (Fsp3) is 0.125. The summed E-state index contributed by atoms with van der Waals surface area (Å²) in [5, 5.41) is 18.0. The highest BCUT2D eigenvalue weighted by molar-refractivity contribution is 6.08. The van der Waals surface area contributed by atoms with Gasteiger partial charge >= 0.3 is 0 Å². The maximum absolute atomic E-state index is 12.9. The van der Waals surface area contributed by atoms with Gasteiger partial charge in [-0.25, -0.2) is 4.68 Å². The van der Waals surface area contributed by atoms with E-state index < -0.39 is 12.0 Å². The zero-order valence-corrected chi connectivity index (χ0v) is 16.6. The van der Waals surface area contributed by atoms with Crippen LogP contribution in [-0.4, -0.2) is 31.5 Å². The van der Waals surface area contributed by atoms with Gasteiger partial charge in [0, 0.05) is 27.2 Å². The molecular formula is C24H20N4O3. The Kier molecular flexibility index (Phi) is 4.52. The van der Waals surface area contributed by atoms with Crippen LogP contribution >= 0.6 is 0 Å². The number of carbonyl (C=O) groups is 1. The summed E-state index contributed by atoms with van der Waals surface area (Å²) < 4.78 is 3.16. The smallest absolute Gasteiger partial charge is 0.274 e. The number of para-hydroxylation sites is 2. The van der Waals surface area contributed by atoms with Crippen LogP contribution in [0.3, 0.4) is 0 Å². The normalized spacial score (nSPS) is 12.5. The van der Waals surface area contributed by atoms with E-state index in [2.05, 4.69) is 17.2 Å². The van der Waals surface area contributed by atoms with E-state index in [4.69, 9.17) is 5.73 Å². The van der Waals surface area contributed by atoms with E-state index in [9.17, 15) is 14.7 Å². The number of nitrogens with two attached hydrogens (primary N) is 1. The van der Waals surface area contributed by atoms with Crippen molar-refractivity contribution in [2.24, 2.45) is 5.73 Å². The molecule has 0 saturated carbocycles. The molecule has 0 saturated heterocycles. The zero-order chi connectivity index (χ0) is 21.5. The molecule has 5 aromatic rings. The number of benzene rings is 3. The maximum atomic E-state index is 12.9. The number of hydrogen-bond acceptors (Lipinski definition) is 4. The molecule has 1 amide bonds. The van der Waals surface area contributed by atoms with Crippen LogP contribution < -0.4 is 11.3 Å². The van der Waals surface area contributed by atoms with Crippen LogP contribution in [0.2, 0.25) is 0 Å². The number of aliphatic hydroxyl groups is 1. The number of rotatable bonds is 5. The van der Waals surface area contributed by atoms with Crippen molar-refractivity contribution in [1.29, 1.82) is 0 Å². The summed E-state index contributed by atoms with van der Waals surface area (Å²) >= 11 is 0. The number of amides is 1. The van der Waals surface area contributed by atoms with E-state index >= 15 is 0 Å². The Morgan fingerprint density at radius 1 is 0.839 bits per heavy atom. The molecule has 3 aromatic carbocycles. The minimum absolute atomic E-state index is 0.0132. The first-order valence-electron chi connectivity index (χ1n) is 9.98. The first-order valence-corrected chi connectivity index (χ1v) is 9.98. The lowest BCUT2D eigenvalue weighted by Crippen LogP contribution is -2.33. The van der Waals surface area contributed by atoms with Gasteiger partial charge in [0.1, 0.15) is 0 Å². The number of aliphatic hydroxyl groups excluding tert-OH is 1. The second kappa shape index (κ2) is 7.37. The second-order valence-corrected chi connectivity index (χ2v) is 7.54. The number of primary amides is 1. The van der Waals surface area contributed by atoms with E-state index in [-0.39, 0.29) is 24.3 Å². The number of carbonyl (C=O) groups excluding carboxylic acids is 1. The summed E-state index contributed by atoms with van der Waals surface area (Å²) in [5.74, 6) is -0.721. The van der Waals surface area contributed by atoms with Gasteiger partial charge in [-0.1, -0.05) is 54.6 Å². The van der Waals surface area contributed by atoms with Crippen molar-refractivity contribution >= 4 is 38.5 Å². The molecule has 2 heterocycles. The first kappa shape index (κ1) is 19.0. The molecule has 1 atom stereocenters. The SMILES string of the molecule is NC(=O)c1nn(C[C@@H](O)Cn2c3ccccc3c3ccccc32)c(=O)c2ccccc12. The van der Waals surface area contributed by atoms with E-state index in [1.54, 1.807) is 24.3 Å². The molecule has 3 N–H and O–H groups in total. The molecule has 5 rings (SSSR count). The molecule has 0 aliphatic rings. The van der Waals surface area contributed by atoms with Gasteiger partial charge in [0.2, 0.25) is 0 Å². The number of hydrogen-bond donors (Lipinski definition) is 2. The molecule has 0 spiro atoms. The maximum Gasteiger partial charge on any atom is 0.274 e. The summed E-state index contributed by atoms with van der Waals surface area (Å²) in [6.45, 7) is 0.200. The molecule has 7 nitrogen and oxygen atoms in total. The van der Waals surface area contributed by atoms with Crippen molar-refractivity contribution in [3.8, 4) is 0 Å². The fourth-order valence-corrected chi connectivity index (χ4v) is 4.21. The minimum atomic E-state index is -0.911. The predicted molar refractivity (Wildman–Crippen MR) is 120 cm³/mol. The summed E-state index contributed by atoms with van der Waals surface area (Å²) in [4.78, 5) is 24.8. The summed E-state index contributed by atoms with van der Waals surface area (Å²) in [6, 6.07) is 22.7. The van der Waals surface area contributed by atoms with Crippen molar-refractivity contribution in [1.82, 2.24) is 14.3 Å². The van der Waals surface area contributed by atoms with E-state index in [0.29, 0.717) is 10.8 Å². The number of aromatic nitrogens is 3. The molecule has 0 aliphatic carbocycles. The van der Waals surface area contributed by atoms with Crippen molar-refractivity contribution in [2.45, 2.75) is 19.2 Å². The van der Waals surface area contributed by atoms with Crippen LogP contribution in [0.25, 0.3) is 32.6 Å². The standard InChI is InChI=1S/C24H20N4O3/c25-23(30)22-18-9-1-2-10-19(18)24(31)28(26-22)14-15(29)13-27-20-11-5-3-7-16(20)17-8-4-6-12-21(17)27/h1-12,15,29H,13-14H2,(H2,25,30)/t15-/m0/s1. The largest absolute Gasteiger partial charge is 0.389 e. The average Bonchev–Trinajstić information content (AvgIpc) is 3.09. The summed E-state index contributed by atoms with van der Waals surface area (Å²) in [5.41, 5.74) is 7.12. The Bertz CT molecular complexity index is 1460. The van der Waals surface area contributed by atoms with E-state index in [1.165, 1.54) is 0 Å². The molecule has 0 unspecified atom stereocenters. The molecule has 0 aliphatic heterocycles. The van der Waals surface area contributed by atoms with Crippen LogP contribution in [0.15, 0.2) is 77.6 Å². The Hall–Kier alpha value is -3.97. The molecule has 154 valence electrons. The predicted octanol–water partition coefficient (Wildman–Crippen LogP) is 2.66. The Morgan fingerprint density at radius 3 is 1.94 bits per heavy atom. The summed E-state index contributed by atoms with van der Waals surface area (Å²) in [6.07, 6.45) is -0.911. The van der Waals surface area contributed by atoms with Crippen LogP contribution in [0.4, 0.5) is 0 Å². The monoisotopic (exact) mass is 412 g/mol. The second-order valence-electron chi connectivity index (χ2n) is 7.54. The fourth-order valence-electron chi connectivity index (χ4n) is 4.21. The third-order valence-electron chi connectivity index (χ3n) is 5.56. The van der Waals surface area contributed by atoms with Crippen LogP contribution in [0, 0.1) is 0 Å². The summed E-state index contributed by atoms with van der Waals surface area (Å²) in [7, 11) is 0. The molecule has 0 bridgehead atoms. The Morgan fingerprint density at radius 2 is 1.35 bits per heavy atom. The Labute approximate surface area is 176 Å². The highest BCUT2D eigenvalue weighted by Gasteiger charge is 2.18. The van der Waals surface area contributed by atoms with Crippen molar-refractivity contribution in [3.63, 3.8) is 0 Å². The zero-order valence-electron chi connectivity index (χ0n) is 16.6. The van der Waals surface area contributed by atoms with Crippen molar-refractivity contribution in [3.05, 3.63) is 88.8 Å². The molecule has 2 aromatic heterocycles. The van der Waals surface area contributed by atoms with Gasteiger partial charge in [-0.05, 0) is 18.2 Å². The lowest BCUT2D eigenvalue weighted by atomic mass is 10.1. The lowest BCUT2D eigenvalue weighted by Gasteiger charge is -2.16. The van der Waals surface area contributed by atoms with Crippen molar-refractivity contribution in [2.75, 3.05) is 0 Å². The third-order valence-corrected chi connectivity index (χ3v) is 5.56. The number of nitrogens with zero attached hydrogens (tertiary/aromatic N) is 3. The molecule has 0 fully saturated rings. The highest BCUT2D eigenvalue weighted by Crippen LogP contribution is 2.29. The average molecular weight is 412 g/mol. The van der Waals surface area contributed by atoms with Crippen LogP contribution in [0.5, 0.6) is 0 Å². The molecule has 0 radical (unpaired) electrons. The topological polar surface area (TPSA) is 103 Å². The van der Waals surface area contributed by atoms with Gasteiger partial charge in [0.25, 0.3) is 11.5 Å². The van der Waals surface area contributed by atoms with Crippen LogP contribution in [0.1, 0.15) is 10.5 Å². The molecule has 31 heavy (non-hydrogen) atoms. The quantitative estimate of drug-likeness (QED) is 0.463. The van der Waals surface area contributed by atoms with Gasteiger partial charge in [0.05, 0.1) is 24.6 Å². The van der Waals surface area contributed by atoms with Crippen LogP contribution in [-0.2, 0) is 13.1 Å². The first-order chi connectivity index (χ1) is 15.0. The highest BCUT2D eigenvalue weighted by atomic mass is 16.3. The molecular weight excluding hydrogens is 392 g/mol. The van der Waals surface area contributed by atoms with E-state index in [0.717, 1.165) is 26.5 Å². The lowest BCUT2D eigenvalue weighted by molar-refractivity contribution is 0.0990. The van der Waals surface area contributed by atoms with Gasteiger partial charge in [-0.3, -0.25) is 9.59 Å². The number of fused-ring (bicyclic) bond motifs is 4. The van der Waals surface area contributed by atoms with Gasteiger partial charge in [-0.15, -0.1) is 0 Å². The third kappa shape index (κ3) is 3.15. The Balaban J connectivity index is 1.55. The van der Waals surface area contributed by atoms with Crippen molar-refractivity contribution < 1.29 is 9.90 Å². The van der Waals surface area contributed by atoms with E-state index in [1.807, 2.05) is 41.0 Å². The molecule has 7 heteroatoms. The van der Waals surface area contributed by atoms with Gasteiger partial charge < -0.3 is 15.4 Å². The van der Waals surface area contributed by atoms with Gasteiger partial charge in [0.15, 0.2) is 5.69 Å².